The zero-order valence-electron chi connectivity index (χ0n) is 33.8. The first kappa shape index (κ1) is 34.6. The van der Waals surface area contributed by atoms with Crippen LogP contribution in [0.5, 0.6) is 0 Å². The van der Waals surface area contributed by atoms with Crippen molar-refractivity contribution in [1.82, 2.24) is 9.13 Å². The van der Waals surface area contributed by atoms with Gasteiger partial charge < -0.3 is 9.13 Å². The van der Waals surface area contributed by atoms with Gasteiger partial charge in [0.1, 0.15) is 0 Å². The minimum Gasteiger partial charge on any atom is -0.309 e. The Bertz CT molecular complexity index is 3870. The Kier molecular flexibility index (Phi) is 7.64. The van der Waals surface area contributed by atoms with Crippen LogP contribution in [-0.2, 0) is 0 Å². The molecule has 0 fully saturated rings. The van der Waals surface area contributed by atoms with Crippen LogP contribution in [0.3, 0.4) is 0 Å². The Morgan fingerprint density at radius 2 is 0.565 bits per heavy atom. The van der Waals surface area contributed by atoms with E-state index >= 15 is 0 Å². The van der Waals surface area contributed by atoms with Gasteiger partial charge in [0, 0.05) is 32.9 Å². The van der Waals surface area contributed by atoms with Crippen molar-refractivity contribution < 1.29 is 0 Å². The van der Waals surface area contributed by atoms with Gasteiger partial charge in [-0.2, -0.15) is 0 Å². The van der Waals surface area contributed by atoms with E-state index in [2.05, 4.69) is 240 Å². The second-order valence-electron chi connectivity index (χ2n) is 16.5. The van der Waals surface area contributed by atoms with Crippen LogP contribution >= 0.6 is 0 Å². The molecule has 0 N–H and O–H groups in total. The van der Waals surface area contributed by atoms with Crippen LogP contribution in [0.1, 0.15) is 0 Å². The molecule has 13 rings (SSSR count). The molecule has 0 atom stereocenters. The average molecular weight is 787 g/mol. The third-order valence-electron chi connectivity index (χ3n) is 13.1. The molecule has 11 aromatic carbocycles. The van der Waals surface area contributed by atoms with Crippen LogP contribution in [0.25, 0.3) is 121 Å². The fourth-order valence-corrected chi connectivity index (χ4v) is 10.2. The van der Waals surface area contributed by atoms with Crippen molar-refractivity contribution in [3.8, 4) is 44.8 Å². The van der Waals surface area contributed by atoms with E-state index in [1.807, 2.05) is 0 Å². The molecule has 2 nitrogen and oxygen atoms in total. The van der Waals surface area contributed by atoms with Gasteiger partial charge in [-0.3, -0.25) is 0 Å². The normalized spacial score (nSPS) is 11.9. The number of hydrogen-bond acceptors (Lipinski definition) is 0. The van der Waals surface area contributed by atoms with E-state index in [0.29, 0.717) is 0 Å². The zero-order chi connectivity index (χ0) is 40.7. The molecule has 288 valence electrons. The van der Waals surface area contributed by atoms with Gasteiger partial charge in [0.2, 0.25) is 0 Å². The fourth-order valence-electron chi connectivity index (χ4n) is 10.2. The largest absolute Gasteiger partial charge is 0.309 e. The van der Waals surface area contributed by atoms with Crippen molar-refractivity contribution in [3.63, 3.8) is 0 Å². The molecule has 0 spiro atoms. The standard InChI is InChI=1S/C60H38N2/c1-2-14-45(15-3-1)61-57-23-10-8-21-52(57)54-33-30-44(38-60(54)61)43-31-34-59-56(37-43)53-22-9-11-24-58(53)62(59)46-16-12-13-41(35-46)39-25-27-40(28-26-39)42-29-32-51-49-19-5-4-17-47(49)48-18-6-7-20-50(48)55(51)36-42/h1-38H. The smallest absolute Gasteiger partial charge is 0.0547 e. The highest BCUT2D eigenvalue weighted by molar-refractivity contribution is 6.25. The summed E-state index contributed by atoms with van der Waals surface area (Å²) in [4.78, 5) is 0. The summed E-state index contributed by atoms with van der Waals surface area (Å²) in [5.41, 5.74) is 14.4. The summed E-state index contributed by atoms with van der Waals surface area (Å²) in [6.07, 6.45) is 0. The molecule has 62 heavy (non-hydrogen) atoms. The van der Waals surface area contributed by atoms with E-state index in [9.17, 15) is 0 Å². The molecule has 13 aromatic rings. The lowest BCUT2D eigenvalue weighted by Crippen LogP contribution is -1.94. The topological polar surface area (TPSA) is 9.86 Å². The van der Waals surface area contributed by atoms with E-state index in [4.69, 9.17) is 0 Å². The second-order valence-corrected chi connectivity index (χ2v) is 16.5. The van der Waals surface area contributed by atoms with Crippen molar-refractivity contribution in [2.45, 2.75) is 0 Å². The molecular weight excluding hydrogens is 749 g/mol. The van der Waals surface area contributed by atoms with Gasteiger partial charge in [-0.25, -0.2) is 0 Å². The van der Waals surface area contributed by atoms with Gasteiger partial charge in [0.25, 0.3) is 0 Å². The summed E-state index contributed by atoms with van der Waals surface area (Å²) >= 11 is 0. The molecular formula is C60H38N2. The van der Waals surface area contributed by atoms with E-state index in [1.54, 1.807) is 0 Å². The van der Waals surface area contributed by atoms with E-state index in [0.717, 1.165) is 5.69 Å². The SMILES string of the molecule is c1ccc(-n2c3ccccc3c3ccc(-c4ccc5c(c4)c4ccccc4n5-c4cccc(-c5ccc(-c6ccc7c8ccccc8c8ccccc8c7c6)cc5)c4)cc32)cc1. The Labute approximate surface area is 358 Å². The summed E-state index contributed by atoms with van der Waals surface area (Å²) in [5, 5.41) is 12.8. The summed E-state index contributed by atoms with van der Waals surface area (Å²) < 4.78 is 4.82. The molecule has 0 amide bonds. The molecule has 2 heterocycles. The van der Waals surface area contributed by atoms with Crippen LogP contribution in [0.15, 0.2) is 231 Å². The minimum atomic E-state index is 1.15. The fraction of sp³-hybridized carbons (Fsp3) is 0. The number of para-hydroxylation sites is 3. The highest BCUT2D eigenvalue weighted by Crippen LogP contribution is 2.40. The predicted octanol–water partition coefficient (Wildman–Crippen LogP) is 16.3. The first-order valence-electron chi connectivity index (χ1n) is 21.4. The minimum absolute atomic E-state index is 1.15. The number of nitrogens with zero attached hydrogens (tertiary/aromatic N) is 2. The monoisotopic (exact) mass is 786 g/mol. The summed E-state index contributed by atoms with van der Waals surface area (Å²) in [5.74, 6) is 0. The molecule has 2 heteroatoms. The van der Waals surface area contributed by atoms with Crippen LogP contribution < -0.4 is 0 Å². The Morgan fingerprint density at radius 3 is 1.23 bits per heavy atom. The van der Waals surface area contributed by atoms with Crippen LogP contribution in [0.4, 0.5) is 0 Å². The van der Waals surface area contributed by atoms with Crippen molar-refractivity contribution in [2.75, 3.05) is 0 Å². The van der Waals surface area contributed by atoms with Crippen molar-refractivity contribution in [3.05, 3.63) is 231 Å². The lowest BCUT2D eigenvalue weighted by molar-refractivity contribution is 1.18. The van der Waals surface area contributed by atoms with Gasteiger partial charge in [0.05, 0.1) is 22.1 Å². The summed E-state index contributed by atoms with van der Waals surface area (Å²) in [6, 6.07) is 84.7. The maximum absolute atomic E-state index is 2.42. The van der Waals surface area contributed by atoms with Crippen LogP contribution in [-0.4, -0.2) is 9.13 Å². The molecule has 2 aromatic heterocycles. The molecule has 0 saturated heterocycles. The Hall–Kier alpha value is -8.20. The Morgan fingerprint density at radius 1 is 0.177 bits per heavy atom. The maximum Gasteiger partial charge on any atom is 0.0547 e. The average Bonchev–Trinajstić information content (AvgIpc) is 3.86. The van der Waals surface area contributed by atoms with Gasteiger partial charge in [-0.1, -0.05) is 170 Å². The van der Waals surface area contributed by atoms with Gasteiger partial charge in [-0.15, -0.1) is 0 Å². The third kappa shape index (κ3) is 5.30. The number of benzene rings is 11. The van der Waals surface area contributed by atoms with E-state index in [-0.39, 0.29) is 0 Å². The van der Waals surface area contributed by atoms with E-state index < -0.39 is 0 Å². The summed E-state index contributed by atoms with van der Waals surface area (Å²) in [6.45, 7) is 0. The van der Waals surface area contributed by atoms with Gasteiger partial charge >= 0.3 is 0 Å². The van der Waals surface area contributed by atoms with Gasteiger partial charge in [0.15, 0.2) is 0 Å². The molecule has 0 aliphatic heterocycles. The lowest BCUT2D eigenvalue weighted by Gasteiger charge is -2.13. The third-order valence-corrected chi connectivity index (χ3v) is 13.1. The number of rotatable bonds is 5. The number of fused-ring (bicyclic) bond motifs is 12. The number of hydrogen-bond donors (Lipinski definition) is 0. The van der Waals surface area contributed by atoms with Crippen LogP contribution in [0, 0.1) is 0 Å². The second kappa shape index (κ2) is 13.7. The first-order chi connectivity index (χ1) is 30.7. The molecule has 0 unspecified atom stereocenters. The van der Waals surface area contributed by atoms with E-state index in [1.165, 1.54) is 115 Å². The molecule has 0 aliphatic rings. The predicted molar refractivity (Wildman–Crippen MR) is 264 cm³/mol. The van der Waals surface area contributed by atoms with Crippen LogP contribution in [0.2, 0.25) is 0 Å². The lowest BCUT2D eigenvalue weighted by atomic mass is 9.92. The van der Waals surface area contributed by atoms with Crippen molar-refractivity contribution >= 4 is 75.9 Å². The first-order valence-corrected chi connectivity index (χ1v) is 21.4. The summed E-state index contributed by atoms with van der Waals surface area (Å²) in [7, 11) is 0. The highest BCUT2D eigenvalue weighted by Gasteiger charge is 2.17. The highest BCUT2D eigenvalue weighted by atomic mass is 15.0. The van der Waals surface area contributed by atoms with Crippen molar-refractivity contribution in [2.24, 2.45) is 0 Å². The van der Waals surface area contributed by atoms with Crippen molar-refractivity contribution in [1.29, 1.82) is 0 Å². The quantitative estimate of drug-likeness (QED) is 0.154. The van der Waals surface area contributed by atoms with Gasteiger partial charge in [-0.05, 0) is 126 Å². The zero-order valence-corrected chi connectivity index (χ0v) is 33.8. The molecule has 0 bridgehead atoms. The molecule has 0 aliphatic carbocycles. The maximum atomic E-state index is 2.42. The molecule has 0 saturated carbocycles. The molecule has 0 radical (unpaired) electrons. The Balaban J connectivity index is 0.881. The number of aromatic nitrogens is 2.